The number of urea groups is 1. The highest BCUT2D eigenvalue weighted by atomic mass is 35.5. The monoisotopic (exact) mass is 430 g/mol. The Balaban J connectivity index is 1.35. The molecule has 0 bridgehead atoms. The first kappa shape index (κ1) is 20.0. The van der Waals surface area contributed by atoms with Gasteiger partial charge in [0.1, 0.15) is 0 Å². The van der Waals surface area contributed by atoms with Gasteiger partial charge in [0.2, 0.25) is 0 Å². The molecule has 0 unspecified atom stereocenters. The molecule has 1 saturated heterocycles. The summed E-state index contributed by atoms with van der Waals surface area (Å²) in [5.41, 5.74) is 5.44. The van der Waals surface area contributed by atoms with Gasteiger partial charge in [-0.2, -0.15) is 0 Å². The Hall–Kier alpha value is -2.24. The van der Waals surface area contributed by atoms with Gasteiger partial charge >= 0.3 is 6.03 Å². The number of imidazole rings is 1. The molecule has 29 heavy (non-hydrogen) atoms. The van der Waals surface area contributed by atoms with Crippen LogP contribution in [0.25, 0.3) is 11.0 Å². The van der Waals surface area contributed by atoms with Crippen molar-refractivity contribution in [3.63, 3.8) is 0 Å². The molecule has 1 N–H and O–H groups in total. The minimum atomic E-state index is -0.0963. The number of carbonyl (C=O) groups excluding carboxylic acids is 1. The van der Waals surface area contributed by atoms with Gasteiger partial charge in [-0.05, 0) is 74.1 Å². The van der Waals surface area contributed by atoms with Gasteiger partial charge in [0.25, 0.3) is 0 Å². The van der Waals surface area contributed by atoms with E-state index in [1.165, 1.54) is 16.6 Å². The molecule has 2 amide bonds. The molecular formula is C22H24Cl2N4O. The molecule has 0 saturated carbocycles. The number of anilines is 1. The molecule has 152 valence electrons. The van der Waals surface area contributed by atoms with Crippen molar-refractivity contribution in [3.05, 3.63) is 57.8 Å². The van der Waals surface area contributed by atoms with Crippen LogP contribution in [0.4, 0.5) is 10.5 Å². The third-order valence-corrected chi connectivity index (χ3v) is 6.50. The summed E-state index contributed by atoms with van der Waals surface area (Å²) in [5.74, 6) is 0.531. The van der Waals surface area contributed by atoms with Crippen LogP contribution < -0.4 is 5.32 Å². The van der Waals surface area contributed by atoms with Crippen molar-refractivity contribution in [3.8, 4) is 0 Å². The van der Waals surface area contributed by atoms with Crippen LogP contribution in [0.3, 0.4) is 0 Å². The van der Waals surface area contributed by atoms with Gasteiger partial charge in [0.15, 0.2) is 0 Å². The quantitative estimate of drug-likeness (QED) is 0.561. The van der Waals surface area contributed by atoms with E-state index in [4.69, 9.17) is 23.2 Å². The molecule has 5 nitrogen and oxygen atoms in total. The van der Waals surface area contributed by atoms with Gasteiger partial charge in [-0.25, -0.2) is 9.78 Å². The molecule has 1 aliphatic heterocycles. The molecule has 0 radical (unpaired) electrons. The van der Waals surface area contributed by atoms with Gasteiger partial charge in [-0.3, -0.25) is 0 Å². The number of aryl methyl sites for hydroxylation is 2. The van der Waals surface area contributed by atoms with Crippen molar-refractivity contribution in [1.82, 2.24) is 14.5 Å². The van der Waals surface area contributed by atoms with Gasteiger partial charge in [0.05, 0.1) is 27.4 Å². The topological polar surface area (TPSA) is 50.2 Å². The third kappa shape index (κ3) is 4.36. The zero-order valence-corrected chi connectivity index (χ0v) is 18.1. The fraction of sp³-hybridized carbons (Fsp3) is 0.364. The van der Waals surface area contributed by atoms with Crippen molar-refractivity contribution in [1.29, 1.82) is 0 Å². The summed E-state index contributed by atoms with van der Waals surface area (Å²) >= 11 is 12.0. The van der Waals surface area contributed by atoms with E-state index in [2.05, 4.69) is 40.8 Å². The van der Waals surface area contributed by atoms with E-state index in [1.54, 1.807) is 18.2 Å². The predicted octanol–water partition coefficient (Wildman–Crippen LogP) is 5.90. The lowest BCUT2D eigenvalue weighted by atomic mass is 9.97. The lowest BCUT2D eigenvalue weighted by Crippen LogP contribution is -2.41. The number of amides is 2. The first-order valence-corrected chi connectivity index (χ1v) is 10.6. The number of hydrogen-bond donors (Lipinski definition) is 1. The summed E-state index contributed by atoms with van der Waals surface area (Å²) in [6.45, 7) is 6.66. The smallest absolute Gasteiger partial charge is 0.321 e. The fourth-order valence-electron chi connectivity index (χ4n) is 3.83. The number of hydrogen-bond acceptors (Lipinski definition) is 2. The highest BCUT2D eigenvalue weighted by Crippen LogP contribution is 2.26. The van der Waals surface area contributed by atoms with E-state index >= 15 is 0 Å². The number of fused-ring (bicyclic) bond motifs is 1. The Morgan fingerprint density at radius 3 is 2.55 bits per heavy atom. The zero-order valence-electron chi connectivity index (χ0n) is 16.6. The summed E-state index contributed by atoms with van der Waals surface area (Å²) in [5, 5.41) is 3.81. The third-order valence-electron chi connectivity index (χ3n) is 5.76. The maximum Gasteiger partial charge on any atom is 0.321 e. The van der Waals surface area contributed by atoms with Crippen LogP contribution in [0, 0.1) is 19.8 Å². The molecule has 1 aliphatic rings. The van der Waals surface area contributed by atoms with Crippen LogP contribution >= 0.6 is 23.2 Å². The minimum Gasteiger partial charge on any atom is -0.330 e. The highest BCUT2D eigenvalue weighted by molar-refractivity contribution is 6.42. The number of benzene rings is 2. The normalized spacial score (nSPS) is 15.1. The summed E-state index contributed by atoms with van der Waals surface area (Å²) in [6, 6.07) is 9.38. The number of nitrogens with one attached hydrogen (secondary N) is 1. The number of carbonyl (C=O) groups is 1. The Labute approximate surface area is 180 Å². The lowest BCUT2D eigenvalue weighted by Gasteiger charge is -2.32. The average molecular weight is 431 g/mol. The molecule has 0 spiro atoms. The second kappa shape index (κ2) is 8.25. The molecule has 4 rings (SSSR count). The molecule has 2 aromatic carbocycles. The van der Waals surface area contributed by atoms with Crippen molar-refractivity contribution >= 4 is 46.0 Å². The van der Waals surface area contributed by atoms with Crippen molar-refractivity contribution < 1.29 is 4.79 Å². The number of nitrogens with zero attached hydrogens (tertiary/aromatic N) is 3. The number of piperidine rings is 1. The van der Waals surface area contributed by atoms with E-state index in [9.17, 15) is 4.79 Å². The van der Waals surface area contributed by atoms with Crippen LogP contribution in [-0.4, -0.2) is 33.6 Å². The molecule has 0 atom stereocenters. The first-order chi connectivity index (χ1) is 13.9. The van der Waals surface area contributed by atoms with Crippen LogP contribution in [0.15, 0.2) is 36.7 Å². The van der Waals surface area contributed by atoms with Crippen LogP contribution in [-0.2, 0) is 6.54 Å². The zero-order chi connectivity index (χ0) is 20.5. The summed E-state index contributed by atoms with van der Waals surface area (Å²) in [6.07, 6.45) is 3.88. The van der Waals surface area contributed by atoms with Gasteiger partial charge < -0.3 is 14.8 Å². The predicted molar refractivity (Wildman–Crippen MR) is 119 cm³/mol. The number of aromatic nitrogens is 2. The largest absolute Gasteiger partial charge is 0.330 e. The second-order valence-corrected chi connectivity index (χ2v) is 8.63. The van der Waals surface area contributed by atoms with Gasteiger partial charge in [0, 0.05) is 25.3 Å². The molecule has 2 heterocycles. The molecular weight excluding hydrogens is 407 g/mol. The van der Waals surface area contributed by atoms with E-state index < -0.39 is 0 Å². The Morgan fingerprint density at radius 1 is 1.10 bits per heavy atom. The maximum atomic E-state index is 12.6. The van der Waals surface area contributed by atoms with E-state index in [0.717, 1.165) is 38.0 Å². The molecule has 0 aliphatic carbocycles. The summed E-state index contributed by atoms with van der Waals surface area (Å²) in [4.78, 5) is 19.0. The Bertz CT molecular complexity index is 1050. The van der Waals surface area contributed by atoms with E-state index in [-0.39, 0.29) is 6.03 Å². The fourth-order valence-corrected chi connectivity index (χ4v) is 4.13. The molecule has 1 fully saturated rings. The second-order valence-electron chi connectivity index (χ2n) is 7.81. The number of rotatable bonds is 3. The Kier molecular flexibility index (Phi) is 5.70. The van der Waals surface area contributed by atoms with E-state index in [0.29, 0.717) is 21.7 Å². The van der Waals surface area contributed by atoms with Gasteiger partial charge in [-0.15, -0.1) is 0 Å². The molecule has 1 aromatic heterocycles. The first-order valence-electron chi connectivity index (χ1n) is 9.84. The maximum absolute atomic E-state index is 12.6. The number of likely N-dealkylation sites (tertiary alicyclic amines) is 1. The van der Waals surface area contributed by atoms with Crippen molar-refractivity contribution in [2.45, 2.75) is 33.2 Å². The summed E-state index contributed by atoms with van der Waals surface area (Å²) in [7, 11) is 0. The molecule has 7 heteroatoms. The van der Waals surface area contributed by atoms with Crippen molar-refractivity contribution in [2.75, 3.05) is 18.4 Å². The summed E-state index contributed by atoms with van der Waals surface area (Å²) < 4.78 is 2.25. The van der Waals surface area contributed by atoms with Crippen LogP contribution in [0.2, 0.25) is 10.0 Å². The highest BCUT2D eigenvalue weighted by Gasteiger charge is 2.23. The SMILES string of the molecule is Cc1cc2ncn(CC3CCN(C(=O)Nc4ccc(Cl)c(Cl)c4)CC3)c2cc1C. The minimum absolute atomic E-state index is 0.0963. The average Bonchev–Trinajstić information content (AvgIpc) is 3.07. The lowest BCUT2D eigenvalue weighted by molar-refractivity contribution is 0.177. The van der Waals surface area contributed by atoms with Crippen LogP contribution in [0.5, 0.6) is 0 Å². The van der Waals surface area contributed by atoms with Crippen molar-refractivity contribution in [2.24, 2.45) is 5.92 Å². The van der Waals surface area contributed by atoms with Crippen LogP contribution in [0.1, 0.15) is 24.0 Å². The standard InChI is InChI=1S/C22H24Cl2N4O/c1-14-9-20-21(10-15(14)2)28(13-25-20)12-16-5-7-27(8-6-16)22(29)26-17-3-4-18(23)19(24)11-17/h3-4,9-11,13,16H,5-8,12H2,1-2H3,(H,26,29). The Morgan fingerprint density at radius 2 is 1.83 bits per heavy atom. The van der Waals surface area contributed by atoms with Gasteiger partial charge in [-0.1, -0.05) is 23.2 Å². The number of halogens is 2. The van der Waals surface area contributed by atoms with E-state index in [1.807, 2.05) is 11.2 Å². The molecule has 3 aromatic rings.